The summed E-state index contributed by atoms with van der Waals surface area (Å²) in [5, 5.41) is 0. The lowest BCUT2D eigenvalue weighted by Crippen LogP contribution is -2.16. The lowest BCUT2D eigenvalue weighted by Gasteiger charge is -2.07. The van der Waals surface area contributed by atoms with Crippen LogP contribution in [0.5, 0.6) is 0 Å². The van der Waals surface area contributed by atoms with E-state index in [1.165, 1.54) is 0 Å². The fourth-order valence-electron chi connectivity index (χ4n) is 0.755. The Kier molecular flexibility index (Phi) is 2.03. The average molecular weight is 154 g/mol. The minimum absolute atomic E-state index is 0.0690. The maximum atomic E-state index is 11.2. The van der Waals surface area contributed by atoms with Gasteiger partial charge in [-0.25, -0.2) is 0 Å². The number of hydrogen-bond donors (Lipinski definition) is 0. The number of carbonyl (C=O) groups excluding carboxylic acids is 1. The molecule has 62 valence electrons. The van der Waals surface area contributed by atoms with E-state index in [2.05, 4.69) is 6.58 Å². The summed E-state index contributed by atoms with van der Waals surface area (Å²) in [4.78, 5) is 11.2. The minimum atomic E-state index is -0.157. The summed E-state index contributed by atoms with van der Waals surface area (Å²) in [5.74, 6) is -0.0690. The highest BCUT2D eigenvalue weighted by molar-refractivity contribution is 5.79. The topological polar surface area (TPSA) is 26.3 Å². The molecule has 0 aromatic carbocycles. The molecule has 0 aromatic heterocycles. The van der Waals surface area contributed by atoms with Crippen molar-refractivity contribution in [3.05, 3.63) is 12.2 Å². The Labute approximate surface area is 67.2 Å². The van der Waals surface area contributed by atoms with Gasteiger partial charge in [0.15, 0.2) is 0 Å². The smallest absolute Gasteiger partial charge is 0.312 e. The monoisotopic (exact) mass is 154 g/mol. The van der Waals surface area contributed by atoms with E-state index in [0.717, 1.165) is 18.4 Å². The van der Waals surface area contributed by atoms with E-state index < -0.39 is 0 Å². The molecule has 0 bridgehead atoms. The van der Waals surface area contributed by atoms with Crippen LogP contribution in [-0.4, -0.2) is 12.6 Å². The molecule has 1 aliphatic rings. The quantitative estimate of drug-likeness (QED) is 0.458. The molecule has 0 heterocycles. The van der Waals surface area contributed by atoms with E-state index >= 15 is 0 Å². The second kappa shape index (κ2) is 2.68. The molecule has 0 radical (unpaired) electrons. The number of carbonyl (C=O) groups is 1. The zero-order valence-electron chi connectivity index (χ0n) is 7.14. The zero-order valence-corrected chi connectivity index (χ0v) is 7.14. The fourth-order valence-corrected chi connectivity index (χ4v) is 0.755. The molecular formula is C9H14O2. The van der Waals surface area contributed by atoms with Crippen molar-refractivity contribution >= 4 is 5.97 Å². The van der Waals surface area contributed by atoms with Gasteiger partial charge in [-0.15, -0.1) is 0 Å². The van der Waals surface area contributed by atoms with Crippen molar-refractivity contribution in [3.8, 4) is 0 Å². The third-order valence-corrected chi connectivity index (χ3v) is 1.94. The summed E-state index contributed by atoms with van der Waals surface area (Å²) < 4.78 is 4.99. The molecule has 0 aliphatic heterocycles. The Balaban J connectivity index is 2.27. The Bertz CT molecular complexity index is 190. The largest absolute Gasteiger partial charge is 0.461 e. The van der Waals surface area contributed by atoms with E-state index in [9.17, 15) is 4.79 Å². The predicted molar refractivity (Wildman–Crippen MR) is 43.1 cm³/mol. The van der Waals surface area contributed by atoms with E-state index in [1.807, 2.05) is 13.8 Å². The Morgan fingerprint density at radius 1 is 1.64 bits per heavy atom. The van der Waals surface area contributed by atoms with Crippen molar-refractivity contribution in [3.63, 3.8) is 0 Å². The number of ether oxygens (including phenoxy) is 1. The van der Waals surface area contributed by atoms with Crippen LogP contribution in [0.4, 0.5) is 0 Å². The predicted octanol–water partition coefficient (Wildman–Crippen LogP) is 1.91. The van der Waals surface area contributed by atoms with E-state index in [0.29, 0.717) is 6.61 Å². The van der Waals surface area contributed by atoms with Crippen molar-refractivity contribution in [2.45, 2.75) is 26.7 Å². The average Bonchev–Trinajstić information content (AvgIpc) is 2.64. The van der Waals surface area contributed by atoms with Crippen molar-refractivity contribution < 1.29 is 9.53 Å². The molecule has 0 aromatic rings. The molecule has 1 aliphatic carbocycles. The highest BCUT2D eigenvalue weighted by Crippen LogP contribution is 2.45. The van der Waals surface area contributed by atoms with E-state index in [-0.39, 0.29) is 11.4 Å². The normalized spacial score (nSPS) is 19.1. The highest BCUT2D eigenvalue weighted by Gasteiger charge is 2.46. The summed E-state index contributed by atoms with van der Waals surface area (Å²) in [6, 6.07) is 0. The van der Waals surface area contributed by atoms with Gasteiger partial charge in [0.05, 0.1) is 5.41 Å². The molecule has 0 amide bonds. The van der Waals surface area contributed by atoms with Crippen LogP contribution < -0.4 is 0 Å². The first-order chi connectivity index (χ1) is 5.04. The molecule has 1 rings (SSSR count). The van der Waals surface area contributed by atoms with E-state index in [4.69, 9.17) is 4.74 Å². The van der Waals surface area contributed by atoms with Crippen LogP contribution in [0.2, 0.25) is 0 Å². The molecule has 0 atom stereocenters. The molecule has 1 fully saturated rings. The van der Waals surface area contributed by atoms with Crippen LogP contribution in [0.1, 0.15) is 26.7 Å². The number of hydrogen-bond acceptors (Lipinski definition) is 2. The Morgan fingerprint density at radius 2 is 2.18 bits per heavy atom. The lowest BCUT2D eigenvalue weighted by atomic mass is 10.1. The van der Waals surface area contributed by atoms with Gasteiger partial charge < -0.3 is 4.74 Å². The van der Waals surface area contributed by atoms with Gasteiger partial charge in [-0.2, -0.15) is 0 Å². The molecule has 2 nitrogen and oxygen atoms in total. The summed E-state index contributed by atoms with van der Waals surface area (Å²) >= 11 is 0. The molecule has 11 heavy (non-hydrogen) atoms. The molecule has 1 saturated carbocycles. The van der Waals surface area contributed by atoms with Crippen molar-refractivity contribution in [1.29, 1.82) is 0 Å². The summed E-state index contributed by atoms with van der Waals surface area (Å²) in [6.45, 7) is 7.81. The standard InChI is InChI=1S/C9H14O2/c1-7(2)6-11-8(10)9(3)4-5-9/h1,4-6H2,2-3H3. The molecule has 0 saturated heterocycles. The first kappa shape index (κ1) is 8.31. The number of rotatable bonds is 3. The van der Waals surface area contributed by atoms with Gasteiger partial charge >= 0.3 is 5.97 Å². The molecule has 0 spiro atoms. The van der Waals surface area contributed by atoms with Crippen LogP contribution in [0.3, 0.4) is 0 Å². The van der Waals surface area contributed by atoms with Crippen LogP contribution in [0.15, 0.2) is 12.2 Å². The third-order valence-electron chi connectivity index (χ3n) is 1.94. The summed E-state index contributed by atoms with van der Waals surface area (Å²) in [5.41, 5.74) is 0.734. The first-order valence-electron chi connectivity index (χ1n) is 3.86. The first-order valence-corrected chi connectivity index (χ1v) is 3.86. The van der Waals surface area contributed by atoms with Gasteiger partial charge in [0.25, 0.3) is 0 Å². The Hall–Kier alpha value is -0.790. The fraction of sp³-hybridized carbons (Fsp3) is 0.667. The van der Waals surface area contributed by atoms with Gasteiger partial charge in [-0.05, 0) is 32.3 Å². The van der Waals surface area contributed by atoms with Gasteiger partial charge in [-0.1, -0.05) is 6.58 Å². The second-order valence-corrected chi connectivity index (χ2v) is 3.59. The maximum absolute atomic E-state index is 11.2. The van der Waals surface area contributed by atoms with Crippen molar-refractivity contribution in [2.24, 2.45) is 5.41 Å². The second-order valence-electron chi connectivity index (χ2n) is 3.59. The third kappa shape index (κ3) is 2.07. The maximum Gasteiger partial charge on any atom is 0.312 e. The molecule has 0 N–H and O–H groups in total. The van der Waals surface area contributed by atoms with Gasteiger partial charge in [0.1, 0.15) is 6.61 Å². The summed E-state index contributed by atoms with van der Waals surface area (Å²) in [6.07, 6.45) is 1.95. The van der Waals surface area contributed by atoms with Gasteiger partial charge in [0, 0.05) is 0 Å². The van der Waals surface area contributed by atoms with Crippen LogP contribution in [0.25, 0.3) is 0 Å². The van der Waals surface area contributed by atoms with Crippen molar-refractivity contribution in [2.75, 3.05) is 6.61 Å². The minimum Gasteiger partial charge on any atom is -0.461 e. The van der Waals surface area contributed by atoms with Crippen LogP contribution >= 0.6 is 0 Å². The van der Waals surface area contributed by atoms with E-state index in [1.54, 1.807) is 0 Å². The zero-order chi connectivity index (χ0) is 8.48. The van der Waals surface area contributed by atoms with Gasteiger partial charge in [-0.3, -0.25) is 4.79 Å². The molecule has 2 heteroatoms. The molecule has 0 unspecified atom stereocenters. The van der Waals surface area contributed by atoms with Gasteiger partial charge in [0.2, 0.25) is 0 Å². The van der Waals surface area contributed by atoms with Crippen LogP contribution in [-0.2, 0) is 9.53 Å². The lowest BCUT2D eigenvalue weighted by molar-refractivity contribution is -0.148. The highest BCUT2D eigenvalue weighted by atomic mass is 16.5. The summed E-state index contributed by atoms with van der Waals surface area (Å²) in [7, 11) is 0. The van der Waals surface area contributed by atoms with Crippen molar-refractivity contribution in [1.82, 2.24) is 0 Å². The molecular weight excluding hydrogens is 140 g/mol. The SMILES string of the molecule is C=C(C)COC(=O)C1(C)CC1. The Morgan fingerprint density at radius 3 is 2.55 bits per heavy atom. The van der Waals surface area contributed by atoms with Crippen LogP contribution in [0, 0.1) is 5.41 Å². The number of esters is 1.